The van der Waals surface area contributed by atoms with Gasteiger partial charge in [0.15, 0.2) is 0 Å². The van der Waals surface area contributed by atoms with Crippen LogP contribution < -0.4 is 15.5 Å². The highest BCUT2D eigenvalue weighted by Crippen LogP contribution is 2.38. The summed E-state index contributed by atoms with van der Waals surface area (Å²) in [4.78, 5) is 55.9. The lowest BCUT2D eigenvalue weighted by atomic mass is 9.97. The predicted octanol–water partition coefficient (Wildman–Crippen LogP) is 0.350. The lowest BCUT2D eigenvalue weighted by Gasteiger charge is -2.38. The van der Waals surface area contributed by atoms with Crippen LogP contribution >= 0.6 is 0 Å². The molecule has 4 fully saturated rings. The molecule has 5 heterocycles. The molecule has 33 heavy (non-hydrogen) atoms. The Bertz CT molecular complexity index is 1040. The van der Waals surface area contributed by atoms with Crippen LogP contribution in [0.2, 0.25) is 0 Å². The molecular weight excluding hydrogens is 422 g/mol. The van der Waals surface area contributed by atoms with E-state index in [1.54, 1.807) is 6.07 Å². The average Bonchev–Trinajstić information content (AvgIpc) is 3.47. The quantitative estimate of drug-likeness (QED) is 0.637. The number of piperidine rings is 2. The first kappa shape index (κ1) is 20.8. The molecule has 5 aliphatic heterocycles. The topological polar surface area (TPSA) is 102 Å². The molecule has 1 unspecified atom stereocenters. The van der Waals surface area contributed by atoms with Gasteiger partial charge >= 0.3 is 0 Å². The zero-order valence-corrected chi connectivity index (χ0v) is 18.6. The van der Waals surface area contributed by atoms with E-state index in [4.69, 9.17) is 0 Å². The minimum Gasteiger partial charge on any atom is -0.366 e. The molecule has 3 atom stereocenters. The number of benzene rings is 1. The minimum atomic E-state index is -0.926. The van der Waals surface area contributed by atoms with Crippen LogP contribution in [0.1, 0.15) is 52.8 Å². The second-order valence-electron chi connectivity index (χ2n) is 10.0. The van der Waals surface area contributed by atoms with Crippen LogP contribution in [0.5, 0.6) is 0 Å². The van der Waals surface area contributed by atoms with E-state index >= 15 is 0 Å². The molecule has 6 rings (SSSR count). The zero-order chi connectivity index (χ0) is 22.7. The van der Waals surface area contributed by atoms with E-state index in [9.17, 15) is 19.2 Å². The normalized spacial score (nSPS) is 30.4. The van der Waals surface area contributed by atoms with Crippen LogP contribution in [0.3, 0.4) is 0 Å². The summed E-state index contributed by atoms with van der Waals surface area (Å²) in [5, 5.41) is 5.68. The first-order chi connectivity index (χ1) is 16.0. The van der Waals surface area contributed by atoms with Gasteiger partial charge in [0.25, 0.3) is 11.8 Å². The molecular formula is C24H29N5O4. The van der Waals surface area contributed by atoms with Gasteiger partial charge in [0.2, 0.25) is 11.8 Å². The van der Waals surface area contributed by atoms with Crippen molar-refractivity contribution in [1.82, 2.24) is 20.4 Å². The Balaban J connectivity index is 1.17. The van der Waals surface area contributed by atoms with Crippen molar-refractivity contribution < 1.29 is 19.2 Å². The summed E-state index contributed by atoms with van der Waals surface area (Å²) in [5.74, 6) is -1.06. The number of nitrogens with one attached hydrogen (secondary N) is 2. The summed E-state index contributed by atoms with van der Waals surface area (Å²) in [6.07, 6.45) is 3.94. The van der Waals surface area contributed by atoms with E-state index in [1.807, 2.05) is 12.1 Å². The number of rotatable bonds is 4. The van der Waals surface area contributed by atoms with Crippen LogP contribution in [0.25, 0.3) is 0 Å². The van der Waals surface area contributed by atoms with Gasteiger partial charge in [-0.2, -0.15) is 0 Å². The lowest BCUT2D eigenvalue weighted by molar-refractivity contribution is -0.136. The van der Waals surface area contributed by atoms with Crippen molar-refractivity contribution in [3.63, 3.8) is 0 Å². The van der Waals surface area contributed by atoms with Crippen molar-refractivity contribution in [3.05, 3.63) is 29.3 Å². The molecule has 4 saturated heterocycles. The number of nitrogens with zero attached hydrogens (tertiary/aromatic N) is 3. The Morgan fingerprint density at radius 1 is 0.909 bits per heavy atom. The van der Waals surface area contributed by atoms with Gasteiger partial charge in [-0.25, -0.2) is 0 Å². The molecule has 9 heteroatoms. The standard InChI is InChI=1S/C24H29N5O4/c30-21-4-3-20(22(31)26-21)29-23(32)18-2-1-15(10-19(18)24(29)33)28-13-16-9-17(28)12-27(16)11-14-5-7-25-8-6-14/h1-2,10,14,16-17,20,25H,3-9,11-13H2,(H,26,30,31)/t16-,17-,20?/m1/s1. The molecule has 0 spiro atoms. The molecule has 2 bridgehead atoms. The highest BCUT2D eigenvalue weighted by atomic mass is 16.2. The average molecular weight is 452 g/mol. The summed E-state index contributed by atoms with van der Waals surface area (Å²) in [6, 6.07) is 5.50. The first-order valence-corrected chi connectivity index (χ1v) is 12.1. The van der Waals surface area contributed by atoms with Gasteiger partial charge in [-0.05, 0) is 62.9 Å². The van der Waals surface area contributed by atoms with Gasteiger partial charge in [0.1, 0.15) is 6.04 Å². The lowest BCUT2D eigenvalue weighted by Crippen LogP contribution is -2.54. The SMILES string of the molecule is O=C1CCC(N2C(=O)c3ccc(N4C[C@H]5C[C@@H]4CN5CC4CCNCC4)cc3C2=O)C(=O)N1. The maximum Gasteiger partial charge on any atom is 0.262 e. The largest absolute Gasteiger partial charge is 0.366 e. The first-order valence-electron chi connectivity index (χ1n) is 12.1. The van der Waals surface area contributed by atoms with Crippen molar-refractivity contribution in [2.75, 3.05) is 37.6 Å². The fourth-order valence-electron chi connectivity index (χ4n) is 6.32. The van der Waals surface area contributed by atoms with Crippen LogP contribution in [0.15, 0.2) is 18.2 Å². The Labute approximate surface area is 192 Å². The van der Waals surface area contributed by atoms with Crippen LogP contribution in [-0.2, 0) is 9.59 Å². The van der Waals surface area contributed by atoms with Crippen LogP contribution in [0, 0.1) is 5.92 Å². The molecule has 0 aromatic heterocycles. The Hall–Kier alpha value is -2.78. The molecule has 0 radical (unpaired) electrons. The highest BCUT2D eigenvalue weighted by molar-refractivity contribution is 6.23. The second-order valence-corrected chi connectivity index (χ2v) is 10.0. The van der Waals surface area contributed by atoms with E-state index in [-0.39, 0.29) is 18.7 Å². The number of amides is 4. The Morgan fingerprint density at radius 3 is 2.42 bits per heavy atom. The van der Waals surface area contributed by atoms with Gasteiger partial charge in [-0.3, -0.25) is 34.3 Å². The third kappa shape index (κ3) is 3.45. The van der Waals surface area contributed by atoms with Crippen LogP contribution in [-0.4, -0.2) is 84.3 Å². The molecule has 1 aromatic rings. The maximum atomic E-state index is 13.1. The van der Waals surface area contributed by atoms with E-state index in [2.05, 4.69) is 20.4 Å². The van der Waals surface area contributed by atoms with Gasteiger partial charge in [0, 0.05) is 43.8 Å². The molecule has 5 aliphatic rings. The Morgan fingerprint density at radius 2 is 1.70 bits per heavy atom. The summed E-state index contributed by atoms with van der Waals surface area (Å²) in [7, 11) is 0. The fourth-order valence-corrected chi connectivity index (χ4v) is 6.32. The van der Waals surface area contributed by atoms with Gasteiger partial charge in [-0.15, -0.1) is 0 Å². The van der Waals surface area contributed by atoms with Gasteiger partial charge in [0.05, 0.1) is 11.1 Å². The number of carbonyl (C=O) groups excluding carboxylic acids is 4. The number of imide groups is 2. The molecule has 0 saturated carbocycles. The number of carbonyl (C=O) groups is 4. The number of hydrogen-bond acceptors (Lipinski definition) is 7. The summed E-state index contributed by atoms with van der Waals surface area (Å²) in [6.45, 7) is 5.40. The van der Waals surface area contributed by atoms with Crippen molar-refractivity contribution >= 4 is 29.3 Å². The highest BCUT2D eigenvalue weighted by Gasteiger charge is 2.47. The van der Waals surface area contributed by atoms with Crippen molar-refractivity contribution in [1.29, 1.82) is 0 Å². The number of anilines is 1. The molecule has 4 amide bonds. The van der Waals surface area contributed by atoms with E-state index < -0.39 is 23.8 Å². The number of piperazine rings is 1. The zero-order valence-electron chi connectivity index (χ0n) is 18.6. The molecule has 9 nitrogen and oxygen atoms in total. The van der Waals surface area contributed by atoms with Crippen molar-refractivity contribution in [2.45, 2.75) is 50.2 Å². The van der Waals surface area contributed by atoms with E-state index in [0.29, 0.717) is 23.2 Å². The van der Waals surface area contributed by atoms with Crippen molar-refractivity contribution in [3.8, 4) is 0 Å². The Kier molecular flexibility index (Phi) is 4.99. The van der Waals surface area contributed by atoms with Gasteiger partial charge < -0.3 is 10.2 Å². The second kappa shape index (κ2) is 7.92. The van der Waals surface area contributed by atoms with Crippen molar-refractivity contribution in [2.24, 2.45) is 5.92 Å². The number of fused-ring (bicyclic) bond motifs is 3. The maximum absolute atomic E-state index is 13.1. The van der Waals surface area contributed by atoms with Gasteiger partial charge in [-0.1, -0.05) is 0 Å². The molecule has 1 aromatic carbocycles. The monoisotopic (exact) mass is 451 g/mol. The third-order valence-corrected chi connectivity index (χ3v) is 8.06. The smallest absolute Gasteiger partial charge is 0.262 e. The molecule has 174 valence electrons. The summed E-state index contributed by atoms with van der Waals surface area (Å²) in [5.41, 5.74) is 1.66. The fraction of sp³-hybridized carbons (Fsp3) is 0.583. The predicted molar refractivity (Wildman–Crippen MR) is 120 cm³/mol. The molecule has 0 aliphatic carbocycles. The minimum absolute atomic E-state index is 0.125. The third-order valence-electron chi connectivity index (χ3n) is 8.06. The number of likely N-dealkylation sites (tertiary alicyclic amines) is 1. The number of hydrogen-bond donors (Lipinski definition) is 2. The summed E-state index contributed by atoms with van der Waals surface area (Å²) < 4.78 is 0. The van der Waals surface area contributed by atoms with Crippen LogP contribution in [0.4, 0.5) is 5.69 Å². The van der Waals surface area contributed by atoms with E-state index in [1.165, 1.54) is 19.4 Å². The molecule has 2 N–H and O–H groups in total. The van der Waals surface area contributed by atoms with E-state index in [0.717, 1.165) is 49.1 Å². The summed E-state index contributed by atoms with van der Waals surface area (Å²) >= 11 is 0.